The molecule has 0 aliphatic rings. The normalized spacial score (nSPS) is 11.5. The Hall–Kier alpha value is -1.91. The zero-order valence-corrected chi connectivity index (χ0v) is 18.4. The molecule has 10 heteroatoms. The number of rotatable bonds is 11. The lowest BCUT2D eigenvalue weighted by Crippen LogP contribution is -2.33. The number of imidazole rings is 1. The lowest BCUT2D eigenvalue weighted by atomic mass is 10.1. The van der Waals surface area contributed by atoms with Crippen LogP contribution in [0.5, 0.6) is 5.75 Å². The fraction of sp³-hybridized carbons (Fsp3) is 0.389. The van der Waals surface area contributed by atoms with E-state index in [1.807, 2.05) is 22.9 Å². The molecule has 1 aromatic heterocycles. The molecule has 0 aliphatic heterocycles. The third-order valence-electron chi connectivity index (χ3n) is 3.85. The second-order valence-corrected chi connectivity index (χ2v) is 7.72. The van der Waals surface area contributed by atoms with Gasteiger partial charge in [-0.3, -0.25) is 4.79 Å². The lowest BCUT2D eigenvalue weighted by molar-refractivity contribution is -0.115. The Labute approximate surface area is 180 Å². The monoisotopic (exact) mass is 515 g/mol. The summed E-state index contributed by atoms with van der Waals surface area (Å²) in [5, 5.41) is 15.2. The second kappa shape index (κ2) is 11.8. The van der Waals surface area contributed by atoms with Crippen molar-refractivity contribution in [3.63, 3.8) is 0 Å². The molecule has 0 atom stereocenters. The highest BCUT2D eigenvalue weighted by Crippen LogP contribution is 2.35. The van der Waals surface area contributed by atoms with Gasteiger partial charge in [-0.05, 0) is 68.9 Å². The molecule has 0 spiro atoms. The fourth-order valence-corrected chi connectivity index (χ4v) is 3.96. The number of halogens is 2. The number of carbonyl (C=O) groups excluding carboxylic acids is 1. The Morgan fingerprint density at radius 2 is 2.07 bits per heavy atom. The van der Waals surface area contributed by atoms with Crippen molar-refractivity contribution in [1.82, 2.24) is 14.9 Å². The molecular formula is C18H23Br2N5O3. The first-order valence-electron chi connectivity index (χ1n) is 8.80. The van der Waals surface area contributed by atoms with Crippen molar-refractivity contribution >= 4 is 43.5 Å². The highest BCUT2D eigenvalue weighted by Gasteiger charge is 2.16. The summed E-state index contributed by atoms with van der Waals surface area (Å²) in [6, 6.07) is 3.67. The Kier molecular flexibility index (Phi) is 9.45. The number of benzene rings is 1. The second-order valence-electron chi connectivity index (χ2n) is 6.01. The predicted molar refractivity (Wildman–Crippen MR) is 114 cm³/mol. The lowest BCUT2D eigenvalue weighted by Gasteiger charge is -2.12. The van der Waals surface area contributed by atoms with Gasteiger partial charge in [0.2, 0.25) is 0 Å². The SMILES string of the molecule is NCCCOc1c(Br)cc(C/C(=N/O)C(=O)NCCCn2ccnc2)cc1Br. The minimum atomic E-state index is -0.399. The first-order chi connectivity index (χ1) is 13.5. The molecule has 1 heterocycles. The van der Waals surface area contributed by atoms with Gasteiger partial charge in [0.15, 0.2) is 0 Å². The largest absolute Gasteiger partial charge is 0.491 e. The first kappa shape index (κ1) is 22.4. The van der Waals surface area contributed by atoms with Gasteiger partial charge in [0.05, 0.1) is 21.9 Å². The van der Waals surface area contributed by atoms with Crippen molar-refractivity contribution in [3.05, 3.63) is 45.4 Å². The van der Waals surface area contributed by atoms with E-state index < -0.39 is 5.91 Å². The number of carbonyl (C=O) groups is 1. The maximum absolute atomic E-state index is 12.3. The molecule has 0 aliphatic carbocycles. The van der Waals surface area contributed by atoms with E-state index in [-0.39, 0.29) is 12.1 Å². The molecule has 1 aromatic carbocycles. The van der Waals surface area contributed by atoms with Crippen LogP contribution < -0.4 is 15.8 Å². The highest BCUT2D eigenvalue weighted by molar-refractivity contribution is 9.11. The zero-order valence-electron chi connectivity index (χ0n) is 15.3. The number of amides is 1. The first-order valence-corrected chi connectivity index (χ1v) is 10.4. The third-order valence-corrected chi connectivity index (χ3v) is 5.02. The summed E-state index contributed by atoms with van der Waals surface area (Å²) in [5.74, 6) is 0.271. The molecule has 4 N–H and O–H groups in total. The Balaban J connectivity index is 1.89. The highest BCUT2D eigenvalue weighted by atomic mass is 79.9. The predicted octanol–water partition coefficient (Wildman–Crippen LogP) is 2.71. The summed E-state index contributed by atoms with van der Waals surface area (Å²) in [5.41, 5.74) is 6.31. The van der Waals surface area contributed by atoms with Gasteiger partial charge < -0.3 is 25.6 Å². The number of nitrogens with zero attached hydrogens (tertiary/aromatic N) is 3. The van der Waals surface area contributed by atoms with Gasteiger partial charge in [-0.25, -0.2) is 4.98 Å². The van der Waals surface area contributed by atoms with Gasteiger partial charge in [-0.2, -0.15) is 0 Å². The standard InChI is InChI=1S/C18H23Br2N5O3/c19-14-9-13(10-15(20)17(14)28-8-1-3-21)11-16(24-27)18(26)23-4-2-6-25-7-5-22-12-25/h5,7,9-10,12,27H,1-4,6,8,11,21H2,(H,23,26)/b24-16-. The quantitative estimate of drug-likeness (QED) is 0.184. The number of aryl methyl sites for hydroxylation is 1. The van der Waals surface area contributed by atoms with Crippen LogP contribution in [0.2, 0.25) is 0 Å². The Morgan fingerprint density at radius 1 is 1.32 bits per heavy atom. The maximum atomic E-state index is 12.3. The van der Waals surface area contributed by atoms with E-state index in [0.717, 1.165) is 33.9 Å². The van der Waals surface area contributed by atoms with Crippen molar-refractivity contribution in [2.45, 2.75) is 25.8 Å². The van der Waals surface area contributed by atoms with Crippen LogP contribution in [0, 0.1) is 0 Å². The molecule has 0 saturated heterocycles. The van der Waals surface area contributed by atoms with Crippen LogP contribution in [0.3, 0.4) is 0 Å². The molecular weight excluding hydrogens is 494 g/mol. The van der Waals surface area contributed by atoms with Gasteiger partial charge in [-0.1, -0.05) is 5.16 Å². The van der Waals surface area contributed by atoms with E-state index in [4.69, 9.17) is 10.5 Å². The number of nitrogens with one attached hydrogen (secondary N) is 1. The van der Waals surface area contributed by atoms with Gasteiger partial charge in [-0.15, -0.1) is 0 Å². The van der Waals surface area contributed by atoms with Crippen molar-refractivity contribution in [2.24, 2.45) is 10.9 Å². The third kappa shape index (κ3) is 6.92. The van der Waals surface area contributed by atoms with E-state index in [2.05, 4.69) is 47.3 Å². The van der Waals surface area contributed by atoms with Crippen molar-refractivity contribution in [3.8, 4) is 5.75 Å². The fourth-order valence-electron chi connectivity index (χ4n) is 2.45. The number of nitrogens with two attached hydrogens (primary N) is 1. The van der Waals surface area contributed by atoms with Gasteiger partial charge in [0.25, 0.3) is 5.91 Å². The molecule has 0 bridgehead atoms. The maximum Gasteiger partial charge on any atom is 0.269 e. The number of oxime groups is 1. The van der Waals surface area contributed by atoms with Crippen LogP contribution in [-0.4, -0.2) is 46.1 Å². The number of hydrogen-bond acceptors (Lipinski definition) is 6. The van der Waals surface area contributed by atoms with Crippen LogP contribution >= 0.6 is 31.9 Å². The molecule has 28 heavy (non-hydrogen) atoms. The molecule has 1 amide bonds. The molecule has 2 rings (SSSR count). The number of aromatic nitrogens is 2. The van der Waals surface area contributed by atoms with E-state index in [1.165, 1.54) is 0 Å². The summed E-state index contributed by atoms with van der Waals surface area (Å²) in [4.78, 5) is 16.2. The minimum absolute atomic E-state index is 0.0400. The van der Waals surface area contributed by atoms with E-state index in [9.17, 15) is 10.0 Å². The number of ether oxygens (including phenoxy) is 1. The van der Waals surface area contributed by atoms with Gasteiger partial charge in [0.1, 0.15) is 11.5 Å². The summed E-state index contributed by atoms with van der Waals surface area (Å²) in [6.07, 6.45) is 6.98. The van der Waals surface area contributed by atoms with E-state index in [1.54, 1.807) is 12.5 Å². The van der Waals surface area contributed by atoms with Crippen molar-refractivity contribution in [2.75, 3.05) is 19.7 Å². The Bertz CT molecular complexity index is 774. The number of hydrogen-bond donors (Lipinski definition) is 3. The van der Waals surface area contributed by atoms with Crippen LogP contribution in [-0.2, 0) is 17.8 Å². The molecule has 152 valence electrons. The molecule has 0 fully saturated rings. The van der Waals surface area contributed by atoms with Gasteiger partial charge >= 0.3 is 0 Å². The van der Waals surface area contributed by atoms with Crippen LogP contribution in [0.15, 0.2) is 45.0 Å². The van der Waals surface area contributed by atoms with Crippen molar-refractivity contribution < 1.29 is 14.7 Å². The minimum Gasteiger partial charge on any atom is -0.491 e. The molecule has 8 nitrogen and oxygen atoms in total. The average Bonchev–Trinajstić information content (AvgIpc) is 3.19. The summed E-state index contributed by atoms with van der Waals surface area (Å²) in [7, 11) is 0. The molecule has 0 radical (unpaired) electrons. The zero-order chi connectivity index (χ0) is 20.4. The van der Waals surface area contributed by atoms with Gasteiger partial charge in [0, 0.05) is 31.9 Å². The smallest absolute Gasteiger partial charge is 0.269 e. The topological polar surface area (TPSA) is 115 Å². The average molecular weight is 517 g/mol. The van der Waals surface area contributed by atoms with Crippen LogP contribution in [0.1, 0.15) is 18.4 Å². The summed E-state index contributed by atoms with van der Waals surface area (Å²) >= 11 is 6.94. The summed E-state index contributed by atoms with van der Waals surface area (Å²) < 4.78 is 9.11. The van der Waals surface area contributed by atoms with Crippen LogP contribution in [0.25, 0.3) is 0 Å². The molecule has 0 unspecified atom stereocenters. The van der Waals surface area contributed by atoms with Crippen molar-refractivity contribution in [1.29, 1.82) is 0 Å². The van der Waals surface area contributed by atoms with E-state index in [0.29, 0.717) is 25.4 Å². The Morgan fingerprint density at radius 3 is 2.68 bits per heavy atom. The van der Waals surface area contributed by atoms with Crippen LogP contribution in [0.4, 0.5) is 0 Å². The summed E-state index contributed by atoms with van der Waals surface area (Å²) in [6.45, 7) is 2.29. The molecule has 2 aromatic rings. The molecule has 0 saturated carbocycles. The van der Waals surface area contributed by atoms with E-state index >= 15 is 0 Å².